The third kappa shape index (κ3) is 6.12. The van der Waals surface area contributed by atoms with Gasteiger partial charge in [0.05, 0.1) is 4.90 Å². The van der Waals surface area contributed by atoms with Gasteiger partial charge in [-0.3, -0.25) is 9.52 Å². The molecule has 0 spiro atoms. The number of carbonyl (C=O) groups excluding carboxylic acids is 1. The van der Waals surface area contributed by atoms with E-state index in [1.807, 2.05) is 0 Å². The van der Waals surface area contributed by atoms with Crippen LogP contribution >= 0.6 is 23.2 Å². The molecule has 3 aromatic rings. The first-order valence-electron chi connectivity index (χ1n) is 8.38. The molecule has 3 aromatic carbocycles. The molecule has 150 valence electrons. The van der Waals surface area contributed by atoms with Crippen LogP contribution in [0.2, 0.25) is 10.0 Å². The number of benzene rings is 3. The highest BCUT2D eigenvalue weighted by Crippen LogP contribution is 2.21. The molecule has 0 saturated heterocycles. The Morgan fingerprint density at radius 1 is 0.862 bits per heavy atom. The number of amides is 1. The van der Waals surface area contributed by atoms with Gasteiger partial charge in [-0.1, -0.05) is 29.3 Å². The fraction of sp³-hybridized carbons (Fsp3) is 0.0500. The summed E-state index contributed by atoms with van der Waals surface area (Å²) in [5.74, 6) is -0.00921. The van der Waals surface area contributed by atoms with Crippen LogP contribution in [0.1, 0.15) is 0 Å². The van der Waals surface area contributed by atoms with Crippen LogP contribution in [0, 0.1) is 0 Å². The largest absolute Gasteiger partial charge is 0.484 e. The summed E-state index contributed by atoms with van der Waals surface area (Å²) < 4.78 is 32.7. The summed E-state index contributed by atoms with van der Waals surface area (Å²) in [6.07, 6.45) is 0. The van der Waals surface area contributed by atoms with Crippen LogP contribution in [0.4, 0.5) is 11.4 Å². The van der Waals surface area contributed by atoms with Crippen LogP contribution in [0.25, 0.3) is 0 Å². The minimum atomic E-state index is -3.76. The van der Waals surface area contributed by atoms with Crippen LogP contribution in [-0.2, 0) is 14.8 Å². The molecule has 6 nitrogen and oxygen atoms in total. The number of hydrogen-bond acceptors (Lipinski definition) is 4. The molecule has 0 heterocycles. The minimum Gasteiger partial charge on any atom is -0.484 e. The average Bonchev–Trinajstić information content (AvgIpc) is 2.68. The maximum Gasteiger partial charge on any atom is 0.262 e. The Morgan fingerprint density at radius 2 is 1.55 bits per heavy atom. The smallest absolute Gasteiger partial charge is 0.262 e. The van der Waals surface area contributed by atoms with E-state index in [9.17, 15) is 13.2 Å². The maximum absolute atomic E-state index is 12.4. The van der Waals surface area contributed by atoms with Gasteiger partial charge in [-0.25, -0.2) is 8.42 Å². The lowest BCUT2D eigenvalue weighted by molar-refractivity contribution is -0.118. The number of nitrogens with one attached hydrogen (secondary N) is 2. The number of hydrogen-bond donors (Lipinski definition) is 2. The van der Waals surface area contributed by atoms with E-state index in [-0.39, 0.29) is 17.4 Å². The molecule has 0 unspecified atom stereocenters. The Balaban J connectivity index is 1.58. The lowest BCUT2D eigenvalue weighted by Crippen LogP contribution is -2.20. The van der Waals surface area contributed by atoms with Crippen molar-refractivity contribution in [3.8, 4) is 5.75 Å². The summed E-state index contributed by atoms with van der Waals surface area (Å²) in [6.45, 7) is -0.234. The molecule has 3 rings (SSSR count). The van der Waals surface area contributed by atoms with Crippen LogP contribution in [-0.4, -0.2) is 20.9 Å². The zero-order chi connectivity index (χ0) is 20.9. The van der Waals surface area contributed by atoms with Crippen LogP contribution in [0.5, 0.6) is 5.75 Å². The second-order valence-electron chi connectivity index (χ2n) is 5.93. The molecule has 0 aliphatic rings. The van der Waals surface area contributed by atoms with E-state index in [0.29, 0.717) is 27.2 Å². The van der Waals surface area contributed by atoms with Crippen molar-refractivity contribution in [3.05, 3.63) is 82.8 Å². The van der Waals surface area contributed by atoms with Crippen molar-refractivity contribution in [3.63, 3.8) is 0 Å². The second-order valence-corrected chi connectivity index (χ2v) is 8.49. The van der Waals surface area contributed by atoms with Gasteiger partial charge in [0, 0.05) is 21.4 Å². The summed E-state index contributed by atoms with van der Waals surface area (Å²) in [7, 11) is -3.76. The predicted octanol–water partition coefficient (Wildman–Crippen LogP) is 4.81. The van der Waals surface area contributed by atoms with Crippen molar-refractivity contribution in [2.24, 2.45) is 0 Å². The van der Waals surface area contributed by atoms with Gasteiger partial charge in [0.15, 0.2) is 6.61 Å². The molecule has 0 aromatic heterocycles. The first kappa shape index (κ1) is 21.0. The first-order chi connectivity index (χ1) is 13.8. The number of rotatable bonds is 7. The van der Waals surface area contributed by atoms with Gasteiger partial charge in [-0.15, -0.1) is 0 Å². The van der Waals surface area contributed by atoms with Crippen LogP contribution < -0.4 is 14.8 Å². The number of ether oxygens (including phenoxy) is 1. The highest BCUT2D eigenvalue weighted by atomic mass is 35.5. The summed E-state index contributed by atoms with van der Waals surface area (Å²) in [4.78, 5) is 12.0. The Bertz CT molecular complexity index is 1100. The normalized spacial score (nSPS) is 11.0. The fourth-order valence-corrected chi connectivity index (χ4v) is 3.73. The molecule has 0 saturated carbocycles. The van der Waals surface area contributed by atoms with Crippen molar-refractivity contribution in [2.45, 2.75) is 4.90 Å². The van der Waals surface area contributed by atoms with Crippen LogP contribution in [0.3, 0.4) is 0 Å². The minimum absolute atomic E-state index is 0.0585. The van der Waals surface area contributed by atoms with Gasteiger partial charge >= 0.3 is 0 Å². The number of halogens is 2. The Kier molecular flexibility index (Phi) is 6.64. The van der Waals surface area contributed by atoms with Crippen molar-refractivity contribution >= 4 is 50.5 Å². The van der Waals surface area contributed by atoms with Gasteiger partial charge in [0.25, 0.3) is 15.9 Å². The summed E-state index contributed by atoms with van der Waals surface area (Å²) in [5.41, 5.74) is 0.952. The first-order valence-corrected chi connectivity index (χ1v) is 10.6. The molecule has 29 heavy (non-hydrogen) atoms. The zero-order valence-corrected chi connectivity index (χ0v) is 17.3. The second kappa shape index (κ2) is 9.17. The van der Waals surface area contributed by atoms with Gasteiger partial charge in [-0.05, 0) is 66.7 Å². The molecule has 1 amide bonds. The molecule has 0 bridgehead atoms. The van der Waals surface area contributed by atoms with E-state index in [2.05, 4.69) is 10.0 Å². The highest BCUT2D eigenvalue weighted by Gasteiger charge is 2.14. The third-order valence-electron chi connectivity index (χ3n) is 3.71. The van der Waals surface area contributed by atoms with Crippen molar-refractivity contribution < 1.29 is 17.9 Å². The van der Waals surface area contributed by atoms with E-state index in [1.165, 1.54) is 24.3 Å². The van der Waals surface area contributed by atoms with Gasteiger partial charge < -0.3 is 10.1 Å². The molecular formula is C20H16Cl2N2O4S. The number of carbonyl (C=O) groups is 1. The van der Waals surface area contributed by atoms with E-state index < -0.39 is 10.0 Å². The number of sulfonamides is 1. The Labute approximate surface area is 178 Å². The lowest BCUT2D eigenvalue weighted by atomic mass is 10.3. The van der Waals surface area contributed by atoms with E-state index in [0.717, 1.165) is 0 Å². The predicted molar refractivity (Wildman–Crippen MR) is 114 cm³/mol. The average molecular weight is 451 g/mol. The van der Waals surface area contributed by atoms with Gasteiger partial charge in [-0.2, -0.15) is 0 Å². The van der Waals surface area contributed by atoms with Crippen LogP contribution in [0.15, 0.2) is 77.7 Å². The quantitative estimate of drug-likeness (QED) is 0.540. The molecule has 9 heteroatoms. The molecular weight excluding hydrogens is 435 g/mol. The van der Waals surface area contributed by atoms with E-state index in [1.54, 1.807) is 48.5 Å². The lowest BCUT2D eigenvalue weighted by Gasteiger charge is -2.10. The van der Waals surface area contributed by atoms with E-state index >= 15 is 0 Å². The molecule has 2 N–H and O–H groups in total. The van der Waals surface area contributed by atoms with Crippen molar-refractivity contribution in [1.82, 2.24) is 0 Å². The molecule has 0 radical (unpaired) electrons. The topological polar surface area (TPSA) is 84.5 Å². The van der Waals surface area contributed by atoms with E-state index in [4.69, 9.17) is 27.9 Å². The summed E-state index contributed by atoms with van der Waals surface area (Å²) in [6, 6.07) is 18.8. The standard InChI is InChI=1S/C20H16Cl2N2O4S/c21-14-4-6-16(7-5-14)24-29(26,27)19-10-8-18(9-11-19)28-13-20(25)23-17-3-1-2-15(22)12-17/h1-12,24H,13H2,(H,23,25). The molecule has 0 aliphatic carbocycles. The zero-order valence-electron chi connectivity index (χ0n) is 14.9. The fourth-order valence-electron chi connectivity index (χ4n) is 2.36. The van der Waals surface area contributed by atoms with Gasteiger partial charge in [0.2, 0.25) is 0 Å². The Hall–Kier alpha value is -2.74. The van der Waals surface area contributed by atoms with Crippen molar-refractivity contribution in [1.29, 1.82) is 0 Å². The SMILES string of the molecule is O=C(COc1ccc(S(=O)(=O)Nc2ccc(Cl)cc2)cc1)Nc1cccc(Cl)c1. The summed E-state index contributed by atoms with van der Waals surface area (Å²) >= 11 is 11.7. The van der Waals surface area contributed by atoms with Gasteiger partial charge in [0.1, 0.15) is 5.75 Å². The third-order valence-corrected chi connectivity index (χ3v) is 5.59. The molecule has 0 fully saturated rings. The highest BCUT2D eigenvalue weighted by molar-refractivity contribution is 7.92. The maximum atomic E-state index is 12.4. The summed E-state index contributed by atoms with van der Waals surface area (Å²) in [5, 5.41) is 3.67. The monoisotopic (exact) mass is 450 g/mol. The molecule has 0 atom stereocenters. The number of anilines is 2. The Morgan fingerprint density at radius 3 is 2.21 bits per heavy atom. The molecule has 0 aliphatic heterocycles. The van der Waals surface area contributed by atoms with Crippen molar-refractivity contribution in [2.75, 3.05) is 16.6 Å².